The van der Waals surface area contributed by atoms with Crippen LogP contribution in [0.3, 0.4) is 0 Å². The molecule has 0 fully saturated rings. The molecule has 5 heteroatoms. The van der Waals surface area contributed by atoms with Crippen molar-refractivity contribution in [2.45, 2.75) is 39.3 Å². The molecule has 2 atom stereocenters. The van der Waals surface area contributed by atoms with Gasteiger partial charge >= 0.3 is 6.01 Å². The molecule has 0 aliphatic heterocycles. The minimum Gasteiger partial charge on any atom is -0.393 e. The summed E-state index contributed by atoms with van der Waals surface area (Å²) in [7, 11) is 0. The zero-order chi connectivity index (χ0) is 9.84. The molecule has 0 saturated carbocycles. The van der Waals surface area contributed by atoms with Crippen LogP contribution in [-0.4, -0.2) is 27.4 Å². The Balaban J connectivity index is 2.40. The van der Waals surface area contributed by atoms with Crippen molar-refractivity contribution in [2.75, 3.05) is 5.32 Å². The van der Waals surface area contributed by atoms with E-state index >= 15 is 0 Å². The van der Waals surface area contributed by atoms with Crippen LogP contribution in [0.25, 0.3) is 0 Å². The van der Waals surface area contributed by atoms with Gasteiger partial charge in [-0.2, -0.15) is 4.98 Å². The third kappa shape index (κ3) is 3.42. The van der Waals surface area contributed by atoms with E-state index < -0.39 is 0 Å². The molecule has 1 aromatic rings. The van der Waals surface area contributed by atoms with Crippen molar-refractivity contribution >= 4 is 6.01 Å². The summed E-state index contributed by atoms with van der Waals surface area (Å²) in [5.74, 6) is 0.603. The van der Waals surface area contributed by atoms with Gasteiger partial charge in [-0.15, -0.1) is 0 Å². The Morgan fingerprint density at radius 2 is 2.23 bits per heavy atom. The molecule has 0 aromatic carbocycles. The van der Waals surface area contributed by atoms with E-state index in [1.54, 1.807) is 13.8 Å². The summed E-state index contributed by atoms with van der Waals surface area (Å²) in [6, 6.07) is 0.533. The molecular formula is C8H15N3O2. The maximum atomic E-state index is 9.10. The Morgan fingerprint density at radius 3 is 2.69 bits per heavy atom. The lowest BCUT2D eigenvalue weighted by atomic mass is 10.2. The topological polar surface area (TPSA) is 71.2 Å². The highest BCUT2D eigenvalue weighted by Crippen LogP contribution is 2.07. The van der Waals surface area contributed by atoms with Crippen molar-refractivity contribution in [1.29, 1.82) is 0 Å². The Bertz CT molecular complexity index is 260. The molecule has 0 radical (unpaired) electrons. The number of rotatable bonds is 4. The first kappa shape index (κ1) is 9.98. The monoisotopic (exact) mass is 185 g/mol. The van der Waals surface area contributed by atoms with E-state index in [0.717, 1.165) is 0 Å². The van der Waals surface area contributed by atoms with Crippen molar-refractivity contribution in [3.63, 3.8) is 0 Å². The zero-order valence-electron chi connectivity index (χ0n) is 8.11. The second-order valence-corrected chi connectivity index (χ2v) is 3.28. The molecule has 0 amide bonds. The highest BCUT2D eigenvalue weighted by atomic mass is 16.5. The summed E-state index contributed by atoms with van der Waals surface area (Å²) in [5, 5.41) is 15.7. The lowest BCUT2D eigenvalue weighted by Gasteiger charge is -2.12. The minimum absolute atomic E-state index is 0.125. The zero-order valence-corrected chi connectivity index (χ0v) is 8.11. The lowest BCUT2D eigenvalue weighted by molar-refractivity contribution is 0.179. The first-order chi connectivity index (χ1) is 6.08. The first-order valence-electron chi connectivity index (χ1n) is 4.33. The molecule has 1 heterocycles. The number of hydrogen-bond acceptors (Lipinski definition) is 5. The van der Waals surface area contributed by atoms with Gasteiger partial charge in [0.05, 0.1) is 6.10 Å². The molecule has 0 spiro atoms. The molecule has 13 heavy (non-hydrogen) atoms. The number of nitrogens with zero attached hydrogens (tertiary/aromatic N) is 2. The molecule has 0 saturated heterocycles. The average Bonchev–Trinajstić information content (AvgIpc) is 2.33. The number of aryl methyl sites for hydroxylation is 1. The second-order valence-electron chi connectivity index (χ2n) is 3.28. The molecule has 1 rings (SSSR count). The van der Waals surface area contributed by atoms with Gasteiger partial charge in [0.15, 0.2) is 5.82 Å². The summed E-state index contributed by atoms with van der Waals surface area (Å²) >= 11 is 0. The Morgan fingerprint density at radius 1 is 1.54 bits per heavy atom. The average molecular weight is 185 g/mol. The summed E-state index contributed by atoms with van der Waals surface area (Å²) in [4.78, 5) is 3.99. The van der Waals surface area contributed by atoms with Crippen LogP contribution in [0.4, 0.5) is 6.01 Å². The van der Waals surface area contributed by atoms with Crippen LogP contribution in [0.5, 0.6) is 0 Å². The summed E-state index contributed by atoms with van der Waals surface area (Å²) in [6.45, 7) is 5.46. The van der Waals surface area contributed by atoms with Crippen LogP contribution in [0.1, 0.15) is 26.1 Å². The quantitative estimate of drug-likeness (QED) is 0.730. The Kier molecular flexibility index (Phi) is 3.25. The molecule has 1 aromatic heterocycles. The summed E-state index contributed by atoms with van der Waals surface area (Å²) in [6.07, 6.45) is 0.327. The molecule has 74 valence electrons. The largest absolute Gasteiger partial charge is 0.393 e. The predicted molar refractivity (Wildman–Crippen MR) is 48.4 cm³/mol. The minimum atomic E-state index is -0.327. The third-order valence-electron chi connectivity index (χ3n) is 1.59. The lowest BCUT2D eigenvalue weighted by Crippen LogP contribution is -2.20. The normalized spacial score (nSPS) is 15.4. The number of aromatic nitrogens is 2. The van der Waals surface area contributed by atoms with E-state index in [1.807, 2.05) is 6.92 Å². The predicted octanol–water partition coefficient (Wildman–Crippen LogP) is 0.949. The van der Waals surface area contributed by atoms with E-state index in [4.69, 9.17) is 9.63 Å². The van der Waals surface area contributed by atoms with Gasteiger partial charge in [-0.05, 0) is 27.2 Å². The van der Waals surface area contributed by atoms with Gasteiger partial charge < -0.3 is 14.9 Å². The van der Waals surface area contributed by atoms with Crippen LogP contribution < -0.4 is 5.32 Å². The summed E-state index contributed by atoms with van der Waals surface area (Å²) in [5.41, 5.74) is 0. The van der Waals surface area contributed by atoms with Gasteiger partial charge in [0.2, 0.25) is 0 Å². The Labute approximate surface area is 77.2 Å². The highest BCUT2D eigenvalue weighted by molar-refractivity contribution is 5.19. The number of nitrogens with one attached hydrogen (secondary N) is 1. The van der Waals surface area contributed by atoms with Gasteiger partial charge in [0.1, 0.15) is 0 Å². The highest BCUT2D eigenvalue weighted by Gasteiger charge is 2.09. The van der Waals surface area contributed by atoms with Crippen LogP contribution in [-0.2, 0) is 0 Å². The second kappa shape index (κ2) is 4.23. The number of hydrogen-bond donors (Lipinski definition) is 2. The number of anilines is 1. The fourth-order valence-electron chi connectivity index (χ4n) is 1.14. The molecule has 2 unspecified atom stereocenters. The summed E-state index contributed by atoms with van der Waals surface area (Å²) < 4.78 is 4.86. The SMILES string of the molecule is Cc1noc(NC(C)CC(C)O)n1. The standard InChI is InChI=1S/C8H15N3O2/c1-5(4-6(2)12)9-8-10-7(3)11-13-8/h5-6,12H,4H2,1-3H3,(H,9,10,11). The van der Waals surface area contributed by atoms with E-state index in [2.05, 4.69) is 15.5 Å². The van der Waals surface area contributed by atoms with Crippen molar-refractivity contribution in [3.05, 3.63) is 5.82 Å². The van der Waals surface area contributed by atoms with Crippen LogP contribution in [0, 0.1) is 6.92 Å². The first-order valence-corrected chi connectivity index (χ1v) is 4.33. The maximum Gasteiger partial charge on any atom is 0.321 e. The van der Waals surface area contributed by atoms with Gasteiger partial charge in [-0.3, -0.25) is 0 Å². The maximum absolute atomic E-state index is 9.10. The fourth-order valence-corrected chi connectivity index (χ4v) is 1.14. The molecule has 0 aliphatic rings. The Hall–Kier alpha value is -1.10. The van der Waals surface area contributed by atoms with Crippen molar-refractivity contribution in [2.24, 2.45) is 0 Å². The van der Waals surface area contributed by atoms with Crippen molar-refractivity contribution < 1.29 is 9.63 Å². The van der Waals surface area contributed by atoms with Crippen LogP contribution in [0.2, 0.25) is 0 Å². The van der Waals surface area contributed by atoms with E-state index in [0.29, 0.717) is 18.3 Å². The van der Waals surface area contributed by atoms with Gasteiger partial charge in [-0.25, -0.2) is 0 Å². The molecule has 2 N–H and O–H groups in total. The van der Waals surface area contributed by atoms with Crippen molar-refractivity contribution in [3.8, 4) is 0 Å². The molecule has 0 aliphatic carbocycles. The van der Waals surface area contributed by atoms with E-state index in [1.165, 1.54) is 0 Å². The smallest absolute Gasteiger partial charge is 0.321 e. The molecule has 0 bridgehead atoms. The van der Waals surface area contributed by atoms with E-state index in [9.17, 15) is 0 Å². The van der Waals surface area contributed by atoms with E-state index in [-0.39, 0.29) is 12.1 Å². The number of aliphatic hydroxyl groups is 1. The molecule has 5 nitrogen and oxygen atoms in total. The van der Waals surface area contributed by atoms with Gasteiger partial charge in [-0.1, -0.05) is 5.16 Å². The van der Waals surface area contributed by atoms with Crippen LogP contribution >= 0.6 is 0 Å². The fraction of sp³-hybridized carbons (Fsp3) is 0.750. The molecular weight excluding hydrogens is 170 g/mol. The van der Waals surface area contributed by atoms with Gasteiger partial charge in [0.25, 0.3) is 0 Å². The third-order valence-corrected chi connectivity index (χ3v) is 1.59. The van der Waals surface area contributed by atoms with Gasteiger partial charge in [0, 0.05) is 6.04 Å². The number of aliphatic hydroxyl groups excluding tert-OH is 1. The van der Waals surface area contributed by atoms with Crippen molar-refractivity contribution in [1.82, 2.24) is 10.1 Å². The van der Waals surface area contributed by atoms with Crippen LogP contribution in [0.15, 0.2) is 4.52 Å².